The van der Waals surface area contributed by atoms with Crippen LogP contribution in [0.4, 0.5) is 4.79 Å². The highest BCUT2D eigenvalue weighted by atomic mass is 16.6. The fourth-order valence-electron chi connectivity index (χ4n) is 0.0680. The molecule has 0 radical (unpaired) electrons. The molecule has 0 aliphatic carbocycles. The van der Waals surface area contributed by atoms with Crippen molar-refractivity contribution in [1.29, 1.82) is 0 Å². The first-order chi connectivity index (χ1) is 4.15. The van der Waals surface area contributed by atoms with Gasteiger partial charge in [0, 0.05) is 0 Å². The summed E-state index contributed by atoms with van der Waals surface area (Å²) in [7, 11) is 0. The van der Waals surface area contributed by atoms with Gasteiger partial charge in [-0.05, 0) is 6.92 Å². The summed E-state index contributed by atoms with van der Waals surface area (Å²) in [5.41, 5.74) is 0. The molecule has 2 N–H and O–H groups in total. The minimum Gasteiger partial charge on any atom is -0.468 e. The average Bonchev–Trinajstić information content (AvgIpc) is 1.66. The molecule has 0 heterocycles. The number of rotatable bonds is 2. The predicted octanol–water partition coefficient (Wildman–Crippen LogP) is 0.402. The topological polar surface area (TPSA) is 83.8 Å². The second-order valence-electron chi connectivity index (χ2n) is 0.834. The van der Waals surface area contributed by atoms with E-state index in [0.29, 0.717) is 13.1 Å². The lowest BCUT2D eigenvalue weighted by molar-refractivity contribution is -0.128. The van der Waals surface area contributed by atoms with Crippen LogP contribution in [0.3, 0.4) is 0 Å². The van der Waals surface area contributed by atoms with Gasteiger partial charge in [-0.15, -0.1) is 0 Å². The lowest BCUT2D eigenvalue weighted by atomic mass is 10.9. The number of hydrogen-bond donors (Lipinski definition) is 2. The molecule has 5 nitrogen and oxygen atoms in total. The molecule has 0 bridgehead atoms. The molecule has 0 fully saturated rings. The van der Waals surface area contributed by atoms with Crippen LogP contribution in [0.15, 0.2) is 0 Å². The Balaban J connectivity index is 0. The van der Waals surface area contributed by atoms with Gasteiger partial charge in [0.1, 0.15) is 0 Å². The quantitative estimate of drug-likeness (QED) is 0.537. The standard InChI is InChI=1S/C3H6O2.CH2O3/c1-2-5-3-4;2-1(3)4/h3H,2H2,1H3;(H2,2,3,4). The van der Waals surface area contributed by atoms with E-state index in [0.717, 1.165) is 0 Å². The van der Waals surface area contributed by atoms with Crippen molar-refractivity contribution in [2.24, 2.45) is 0 Å². The Morgan fingerprint density at radius 3 is 2.00 bits per heavy atom. The first kappa shape index (κ1) is 10.7. The van der Waals surface area contributed by atoms with Crippen LogP contribution in [0.1, 0.15) is 6.92 Å². The van der Waals surface area contributed by atoms with E-state index in [1.807, 2.05) is 0 Å². The van der Waals surface area contributed by atoms with E-state index in [-0.39, 0.29) is 0 Å². The third-order valence-corrected chi connectivity index (χ3v) is 0.235. The van der Waals surface area contributed by atoms with Crippen molar-refractivity contribution in [3.05, 3.63) is 0 Å². The van der Waals surface area contributed by atoms with Crippen molar-refractivity contribution in [2.75, 3.05) is 6.61 Å². The van der Waals surface area contributed by atoms with Crippen LogP contribution in [0, 0.1) is 0 Å². The molecule has 0 amide bonds. The van der Waals surface area contributed by atoms with Crippen LogP contribution >= 0.6 is 0 Å². The van der Waals surface area contributed by atoms with E-state index in [4.69, 9.17) is 15.0 Å². The van der Waals surface area contributed by atoms with Gasteiger partial charge in [-0.2, -0.15) is 0 Å². The van der Waals surface area contributed by atoms with Gasteiger partial charge >= 0.3 is 6.16 Å². The van der Waals surface area contributed by atoms with Gasteiger partial charge in [0.2, 0.25) is 0 Å². The first-order valence-electron chi connectivity index (χ1n) is 2.12. The van der Waals surface area contributed by atoms with E-state index in [2.05, 4.69) is 4.74 Å². The molecule has 0 aromatic carbocycles. The SMILES string of the molecule is CCOC=O.O=C(O)O. The van der Waals surface area contributed by atoms with Crippen molar-refractivity contribution < 1.29 is 24.5 Å². The fraction of sp³-hybridized carbons (Fsp3) is 0.500. The van der Waals surface area contributed by atoms with E-state index < -0.39 is 6.16 Å². The molecule has 9 heavy (non-hydrogen) atoms. The van der Waals surface area contributed by atoms with E-state index in [1.54, 1.807) is 6.92 Å². The number of hydrogen-bond acceptors (Lipinski definition) is 3. The molecule has 0 aromatic rings. The Kier molecular flexibility index (Phi) is 11.7. The molecular weight excluding hydrogens is 128 g/mol. The molecule has 0 aliphatic rings. The summed E-state index contributed by atoms with van der Waals surface area (Å²) < 4.78 is 4.15. The van der Waals surface area contributed by atoms with Crippen molar-refractivity contribution >= 4 is 12.6 Å². The van der Waals surface area contributed by atoms with Crippen molar-refractivity contribution in [2.45, 2.75) is 6.92 Å². The van der Waals surface area contributed by atoms with Crippen molar-refractivity contribution in [3.63, 3.8) is 0 Å². The Bertz CT molecular complexity index is 75.0. The van der Waals surface area contributed by atoms with Gasteiger partial charge in [0.15, 0.2) is 0 Å². The van der Waals surface area contributed by atoms with Crippen LogP contribution < -0.4 is 0 Å². The minimum atomic E-state index is -1.83. The van der Waals surface area contributed by atoms with Crippen molar-refractivity contribution in [3.8, 4) is 0 Å². The molecule has 0 aromatic heterocycles. The highest BCUT2D eigenvalue weighted by molar-refractivity contribution is 5.53. The number of carbonyl (C=O) groups excluding carboxylic acids is 1. The zero-order valence-electron chi connectivity index (χ0n) is 4.90. The Hall–Kier alpha value is -1.26. The Morgan fingerprint density at radius 2 is 2.00 bits per heavy atom. The van der Waals surface area contributed by atoms with E-state index >= 15 is 0 Å². The van der Waals surface area contributed by atoms with Gasteiger partial charge in [-0.1, -0.05) is 0 Å². The van der Waals surface area contributed by atoms with Gasteiger partial charge in [0.05, 0.1) is 6.61 Å². The molecule has 0 saturated heterocycles. The maximum atomic E-state index is 9.18. The molecule has 0 spiro atoms. The van der Waals surface area contributed by atoms with Gasteiger partial charge in [-0.25, -0.2) is 4.79 Å². The smallest absolute Gasteiger partial charge is 0.468 e. The van der Waals surface area contributed by atoms with E-state index in [9.17, 15) is 4.79 Å². The summed E-state index contributed by atoms with van der Waals surface area (Å²) in [6, 6.07) is 0. The largest absolute Gasteiger partial charge is 0.503 e. The summed E-state index contributed by atoms with van der Waals surface area (Å²) in [5, 5.41) is 13.9. The lowest BCUT2D eigenvalue weighted by Crippen LogP contribution is -1.81. The summed E-state index contributed by atoms with van der Waals surface area (Å²) >= 11 is 0. The molecule has 5 heteroatoms. The van der Waals surface area contributed by atoms with Crippen LogP contribution in [-0.2, 0) is 9.53 Å². The van der Waals surface area contributed by atoms with Crippen molar-refractivity contribution in [1.82, 2.24) is 0 Å². The van der Waals surface area contributed by atoms with Crippen LogP contribution in [0.2, 0.25) is 0 Å². The summed E-state index contributed by atoms with van der Waals surface area (Å²) in [6.45, 7) is 2.66. The van der Waals surface area contributed by atoms with E-state index in [1.165, 1.54) is 0 Å². The highest BCUT2D eigenvalue weighted by Crippen LogP contribution is 1.55. The molecule has 54 valence electrons. The van der Waals surface area contributed by atoms with Crippen LogP contribution in [0.25, 0.3) is 0 Å². The molecule has 0 saturated carbocycles. The van der Waals surface area contributed by atoms with Gasteiger partial charge in [0.25, 0.3) is 6.47 Å². The first-order valence-corrected chi connectivity index (χ1v) is 2.12. The lowest BCUT2D eigenvalue weighted by Gasteiger charge is -1.79. The molecular formula is C4H8O5. The Morgan fingerprint density at radius 1 is 1.67 bits per heavy atom. The molecule has 0 rings (SSSR count). The molecule has 0 aliphatic heterocycles. The highest BCUT2D eigenvalue weighted by Gasteiger charge is 1.70. The number of carbonyl (C=O) groups is 2. The number of ether oxygens (including phenoxy) is 1. The predicted molar refractivity (Wildman–Crippen MR) is 28.3 cm³/mol. The third-order valence-electron chi connectivity index (χ3n) is 0.235. The monoisotopic (exact) mass is 136 g/mol. The second kappa shape index (κ2) is 9.88. The minimum absolute atomic E-state index is 0.431. The van der Waals surface area contributed by atoms with Gasteiger partial charge in [-0.3, -0.25) is 4.79 Å². The second-order valence-corrected chi connectivity index (χ2v) is 0.834. The number of carboxylic acid groups (broad SMARTS) is 2. The summed E-state index contributed by atoms with van der Waals surface area (Å²) in [6.07, 6.45) is -1.83. The van der Waals surface area contributed by atoms with Crippen LogP contribution in [-0.4, -0.2) is 29.4 Å². The van der Waals surface area contributed by atoms with Crippen LogP contribution in [0.5, 0.6) is 0 Å². The third kappa shape index (κ3) is 277. The average molecular weight is 136 g/mol. The maximum absolute atomic E-state index is 9.18. The fourth-order valence-corrected chi connectivity index (χ4v) is 0.0680. The molecule has 0 atom stereocenters. The molecule has 0 unspecified atom stereocenters. The summed E-state index contributed by atoms with van der Waals surface area (Å²) in [4.78, 5) is 17.7. The zero-order chi connectivity index (χ0) is 7.70. The zero-order valence-corrected chi connectivity index (χ0v) is 4.90. The van der Waals surface area contributed by atoms with Gasteiger partial charge < -0.3 is 14.9 Å². The Labute approximate surface area is 51.9 Å². The normalized spacial score (nSPS) is 6.33. The maximum Gasteiger partial charge on any atom is 0.503 e. The summed E-state index contributed by atoms with van der Waals surface area (Å²) in [5.74, 6) is 0.